The number of nitrogens with zero attached hydrogens (tertiary/aromatic N) is 1. The van der Waals surface area contributed by atoms with E-state index in [0.29, 0.717) is 6.04 Å². The molecule has 0 saturated heterocycles. The minimum absolute atomic E-state index is 0.569. The van der Waals surface area contributed by atoms with Gasteiger partial charge in [0.25, 0.3) is 0 Å². The third kappa shape index (κ3) is 3.85. The minimum Gasteiger partial charge on any atom is -0.360 e. The van der Waals surface area contributed by atoms with Gasteiger partial charge in [0, 0.05) is 24.7 Å². The lowest BCUT2D eigenvalue weighted by Gasteiger charge is -2.24. The molecule has 1 fully saturated rings. The number of hydrogen-bond donors (Lipinski definition) is 1. The SMILES string of the molecule is CN(Cc1cccc(Cl)c1)C(=S)NC1CCCC1. The van der Waals surface area contributed by atoms with Crippen molar-refractivity contribution < 1.29 is 0 Å². The molecule has 0 aromatic heterocycles. The molecule has 0 amide bonds. The van der Waals surface area contributed by atoms with Crippen LogP contribution in [0.2, 0.25) is 5.02 Å². The first kappa shape index (κ1) is 13.6. The predicted molar refractivity (Wildman–Crippen MR) is 80.9 cm³/mol. The summed E-state index contributed by atoms with van der Waals surface area (Å²) in [5.74, 6) is 0. The molecule has 0 radical (unpaired) electrons. The van der Waals surface area contributed by atoms with Crippen molar-refractivity contribution in [3.05, 3.63) is 34.9 Å². The molecule has 0 bridgehead atoms. The van der Waals surface area contributed by atoms with Gasteiger partial charge in [-0.25, -0.2) is 0 Å². The monoisotopic (exact) mass is 282 g/mol. The third-order valence-electron chi connectivity index (χ3n) is 3.34. The van der Waals surface area contributed by atoms with Crippen LogP contribution in [-0.4, -0.2) is 23.1 Å². The molecule has 98 valence electrons. The van der Waals surface area contributed by atoms with Gasteiger partial charge in [-0.05, 0) is 42.8 Å². The van der Waals surface area contributed by atoms with E-state index in [1.807, 2.05) is 25.2 Å². The molecule has 0 spiro atoms. The van der Waals surface area contributed by atoms with Crippen molar-refractivity contribution in [2.45, 2.75) is 38.3 Å². The topological polar surface area (TPSA) is 15.3 Å². The number of rotatable bonds is 3. The van der Waals surface area contributed by atoms with Crippen LogP contribution in [0.5, 0.6) is 0 Å². The highest BCUT2D eigenvalue weighted by atomic mass is 35.5. The quantitative estimate of drug-likeness (QED) is 0.853. The zero-order chi connectivity index (χ0) is 13.0. The first-order valence-corrected chi connectivity index (χ1v) is 7.20. The molecule has 1 aromatic rings. The van der Waals surface area contributed by atoms with Crippen molar-refractivity contribution in [2.75, 3.05) is 7.05 Å². The lowest BCUT2D eigenvalue weighted by molar-refractivity contribution is 0.471. The molecule has 0 atom stereocenters. The summed E-state index contributed by atoms with van der Waals surface area (Å²) in [6, 6.07) is 8.48. The normalized spacial score (nSPS) is 15.7. The van der Waals surface area contributed by atoms with Gasteiger partial charge < -0.3 is 10.2 Å². The van der Waals surface area contributed by atoms with Gasteiger partial charge in [0.15, 0.2) is 5.11 Å². The Labute approximate surface area is 119 Å². The molecule has 2 nitrogen and oxygen atoms in total. The summed E-state index contributed by atoms with van der Waals surface area (Å²) in [5, 5.41) is 5.05. The van der Waals surface area contributed by atoms with E-state index in [2.05, 4.69) is 16.3 Å². The highest BCUT2D eigenvalue weighted by Gasteiger charge is 2.16. The lowest BCUT2D eigenvalue weighted by atomic mass is 10.2. The van der Waals surface area contributed by atoms with Crippen LogP contribution < -0.4 is 5.32 Å². The molecule has 0 heterocycles. The fourth-order valence-electron chi connectivity index (χ4n) is 2.34. The molecule has 18 heavy (non-hydrogen) atoms. The predicted octanol–water partition coefficient (Wildman–Crippen LogP) is 3.59. The molecule has 0 unspecified atom stereocenters. The van der Waals surface area contributed by atoms with E-state index < -0.39 is 0 Å². The van der Waals surface area contributed by atoms with E-state index in [9.17, 15) is 0 Å². The van der Waals surface area contributed by atoms with Gasteiger partial charge in [0.2, 0.25) is 0 Å². The fraction of sp³-hybridized carbons (Fsp3) is 0.500. The van der Waals surface area contributed by atoms with Crippen molar-refractivity contribution in [3.63, 3.8) is 0 Å². The van der Waals surface area contributed by atoms with E-state index in [1.165, 1.54) is 31.2 Å². The first-order valence-electron chi connectivity index (χ1n) is 6.41. The molecule has 1 aliphatic rings. The fourth-order valence-corrected chi connectivity index (χ4v) is 2.78. The van der Waals surface area contributed by atoms with E-state index >= 15 is 0 Å². The minimum atomic E-state index is 0.569. The van der Waals surface area contributed by atoms with Gasteiger partial charge in [0.1, 0.15) is 0 Å². The van der Waals surface area contributed by atoms with Gasteiger partial charge in [-0.1, -0.05) is 36.6 Å². The van der Waals surface area contributed by atoms with Crippen LogP contribution in [-0.2, 0) is 6.54 Å². The van der Waals surface area contributed by atoms with Crippen molar-refractivity contribution >= 4 is 28.9 Å². The number of hydrogen-bond acceptors (Lipinski definition) is 1. The van der Waals surface area contributed by atoms with Crippen LogP contribution in [0.15, 0.2) is 24.3 Å². The standard InChI is InChI=1S/C14H19ClN2S/c1-17(10-11-5-4-6-12(15)9-11)14(18)16-13-7-2-3-8-13/h4-6,9,13H,2-3,7-8,10H2,1H3,(H,16,18). The van der Waals surface area contributed by atoms with Gasteiger partial charge in [-0.3, -0.25) is 0 Å². The first-order chi connectivity index (χ1) is 8.65. The van der Waals surface area contributed by atoms with Gasteiger partial charge in [-0.2, -0.15) is 0 Å². The Balaban J connectivity index is 1.86. The second-order valence-corrected chi connectivity index (χ2v) is 5.74. The lowest BCUT2D eigenvalue weighted by Crippen LogP contribution is -2.41. The van der Waals surface area contributed by atoms with Crippen molar-refractivity contribution in [3.8, 4) is 0 Å². The van der Waals surface area contributed by atoms with E-state index in [1.54, 1.807) is 0 Å². The number of nitrogens with one attached hydrogen (secondary N) is 1. The maximum Gasteiger partial charge on any atom is 0.169 e. The van der Waals surface area contributed by atoms with E-state index in [0.717, 1.165) is 16.7 Å². The highest BCUT2D eigenvalue weighted by molar-refractivity contribution is 7.80. The summed E-state index contributed by atoms with van der Waals surface area (Å²) in [4.78, 5) is 2.07. The Bertz CT molecular complexity index is 416. The second-order valence-electron chi connectivity index (χ2n) is 4.92. The Kier molecular flexibility index (Phi) is 4.84. The molecule has 4 heteroatoms. The molecular formula is C14H19ClN2S. The Hall–Kier alpha value is -0.800. The smallest absolute Gasteiger partial charge is 0.169 e. The molecule has 1 saturated carbocycles. The van der Waals surface area contributed by atoms with Crippen LogP contribution in [0.25, 0.3) is 0 Å². The van der Waals surface area contributed by atoms with Crippen LogP contribution in [0.4, 0.5) is 0 Å². The number of thiocarbonyl (C=S) groups is 1. The van der Waals surface area contributed by atoms with Gasteiger partial charge in [0.05, 0.1) is 0 Å². The highest BCUT2D eigenvalue weighted by Crippen LogP contribution is 2.18. The summed E-state index contributed by atoms with van der Waals surface area (Å²) >= 11 is 11.4. The number of halogens is 1. The summed E-state index contributed by atoms with van der Waals surface area (Å²) in [7, 11) is 2.02. The van der Waals surface area contributed by atoms with Gasteiger partial charge >= 0.3 is 0 Å². The Morgan fingerprint density at radius 1 is 1.44 bits per heavy atom. The van der Waals surface area contributed by atoms with Crippen LogP contribution in [0.1, 0.15) is 31.2 Å². The maximum absolute atomic E-state index is 5.98. The van der Waals surface area contributed by atoms with E-state index in [4.69, 9.17) is 23.8 Å². The second kappa shape index (κ2) is 6.39. The molecule has 1 aromatic carbocycles. The molecular weight excluding hydrogens is 264 g/mol. The molecule has 0 aliphatic heterocycles. The molecule has 1 aliphatic carbocycles. The average Bonchev–Trinajstić information content (AvgIpc) is 2.81. The zero-order valence-electron chi connectivity index (χ0n) is 10.7. The largest absolute Gasteiger partial charge is 0.360 e. The van der Waals surface area contributed by atoms with Gasteiger partial charge in [-0.15, -0.1) is 0 Å². The average molecular weight is 283 g/mol. The Morgan fingerprint density at radius 2 is 2.17 bits per heavy atom. The summed E-state index contributed by atoms with van der Waals surface area (Å²) in [6.45, 7) is 0.791. The van der Waals surface area contributed by atoms with E-state index in [-0.39, 0.29) is 0 Å². The summed E-state index contributed by atoms with van der Waals surface area (Å²) in [6.07, 6.45) is 5.12. The Morgan fingerprint density at radius 3 is 2.83 bits per heavy atom. The van der Waals surface area contributed by atoms with Crippen LogP contribution in [0.3, 0.4) is 0 Å². The number of benzene rings is 1. The summed E-state index contributed by atoms with van der Waals surface area (Å²) < 4.78 is 0. The third-order valence-corrected chi connectivity index (χ3v) is 4.00. The summed E-state index contributed by atoms with van der Waals surface area (Å²) in [5.41, 5.74) is 1.18. The maximum atomic E-state index is 5.98. The van der Waals surface area contributed by atoms with Crippen molar-refractivity contribution in [2.24, 2.45) is 0 Å². The van der Waals surface area contributed by atoms with Crippen LogP contribution in [0, 0.1) is 0 Å². The molecule has 2 rings (SSSR count). The zero-order valence-corrected chi connectivity index (χ0v) is 12.2. The van der Waals surface area contributed by atoms with Crippen molar-refractivity contribution in [1.29, 1.82) is 0 Å². The molecule has 1 N–H and O–H groups in total. The van der Waals surface area contributed by atoms with Crippen molar-refractivity contribution in [1.82, 2.24) is 10.2 Å². The van der Waals surface area contributed by atoms with Crippen LogP contribution >= 0.6 is 23.8 Å².